The number of benzene rings is 1. The third-order valence-corrected chi connectivity index (χ3v) is 6.05. The zero-order chi connectivity index (χ0) is 20.5. The minimum absolute atomic E-state index is 0.103. The number of aromatic nitrogens is 2. The molecule has 0 radical (unpaired) electrons. The lowest BCUT2D eigenvalue weighted by Gasteiger charge is -2.33. The molecule has 2 aliphatic heterocycles. The van der Waals surface area contributed by atoms with Crippen molar-refractivity contribution in [2.24, 2.45) is 7.05 Å². The molecule has 1 unspecified atom stereocenters. The Morgan fingerprint density at radius 2 is 2.07 bits per heavy atom. The number of rotatable bonds is 5. The lowest BCUT2D eigenvalue weighted by molar-refractivity contribution is -0.143. The largest absolute Gasteiger partial charge is 0.480 e. The van der Waals surface area contributed by atoms with E-state index in [2.05, 4.69) is 10.6 Å². The molecule has 4 rings (SSSR count). The number of piperidine rings is 1. The fourth-order valence-electron chi connectivity index (χ4n) is 4.40. The van der Waals surface area contributed by atoms with Crippen molar-refractivity contribution in [3.63, 3.8) is 0 Å². The van der Waals surface area contributed by atoms with Crippen LogP contribution in [0.3, 0.4) is 0 Å². The molecule has 1 aromatic carbocycles. The van der Waals surface area contributed by atoms with Gasteiger partial charge in [-0.15, -0.1) is 0 Å². The van der Waals surface area contributed by atoms with Crippen molar-refractivity contribution < 1.29 is 14.7 Å². The summed E-state index contributed by atoms with van der Waals surface area (Å²) in [7, 11) is 1.72. The first-order chi connectivity index (χ1) is 14.0. The second-order valence-corrected chi connectivity index (χ2v) is 7.83. The van der Waals surface area contributed by atoms with Gasteiger partial charge in [0.2, 0.25) is 5.91 Å². The molecule has 2 aliphatic rings. The molecule has 1 amide bonds. The smallest absolute Gasteiger partial charge is 0.329 e. The van der Waals surface area contributed by atoms with Crippen molar-refractivity contribution in [1.29, 1.82) is 0 Å². The summed E-state index contributed by atoms with van der Waals surface area (Å²) < 4.78 is 3.19. The van der Waals surface area contributed by atoms with Gasteiger partial charge in [0.15, 0.2) is 0 Å². The molecule has 2 atom stereocenters. The maximum absolute atomic E-state index is 12.8. The van der Waals surface area contributed by atoms with Crippen molar-refractivity contribution in [3.8, 4) is 0 Å². The molecule has 1 aromatic heterocycles. The minimum atomic E-state index is -0.808. The van der Waals surface area contributed by atoms with E-state index >= 15 is 0 Å². The van der Waals surface area contributed by atoms with Crippen molar-refractivity contribution >= 4 is 22.9 Å². The number of hydrogen-bond acceptors (Lipinski definition) is 5. The molecular weight excluding hydrogens is 374 g/mol. The van der Waals surface area contributed by atoms with Crippen LogP contribution in [0.15, 0.2) is 23.0 Å². The quantitative estimate of drug-likeness (QED) is 0.634. The van der Waals surface area contributed by atoms with Gasteiger partial charge in [-0.3, -0.25) is 23.6 Å². The number of piperazine rings is 1. The third kappa shape index (κ3) is 3.67. The summed E-state index contributed by atoms with van der Waals surface area (Å²) in [6.45, 7) is 3.23. The number of aliphatic carboxylic acids is 1. The molecule has 9 heteroatoms. The first-order valence-electron chi connectivity index (χ1n) is 10.1. The number of carboxylic acids is 1. The molecule has 0 bridgehead atoms. The summed E-state index contributed by atoms with van der Waals surface area (Å²) in [6.07, 6.45) is 2.21. The number of carbonyl (C=O) groups excluding carboxylic acids is 1. The minimum Gasteiger partial charge on any atom is -0.480 e. The average Bonchev–Trinajstić information content (AvgIpc) is 2.97. The van der Waals surface area contributed by atoms with Crippen LogP contribution in [-0.2, 0) is 23.1 Å². The van der Waals surface area contributed by atoms with E-state index in [1.807, 2.05) is 23.1 Å². The number of carbonyl (C=O) groups is 2. The maximum atomic E-state index is 12.8. The molecule has 0 aliphatic carbocycles. The molecule has 3 N–H and O–H groups in total. The van der Waals surface area contributed by atoms with Gasteiger partial charge in [-0.2, -0.15) is 0 Å². The predicted molar refractivity (Wildman–Crippen MR) is 108 cm³/mol. The van der Waals surface area contributed by atoms with Gasteiger partial charge >= 0.3 is 11.7 Å². The number of amides is 1. The number of fused-ring (bicyclic) bond motifs is 1. The van der Waals surface area contributed by atoms with Crippen molar-refractivity contribution in [3.05, 3.63) is 34.2 Å². The zero-order valence-electron chi connectivity index (χ0n) is 16.6. The Hall–Kier alpha value is -2.65. The fraction of sp³-hybridized carbons (Fsp3) is 0.550. The Kier molecular flexibility index (Phi) is 5.42. The summed E-state index contributed by atoms with van der Waals surface area (Å²) in [4.78, 5) is 38.6. The highest BCUT2D eigenvalue weighted by molar-refractivity contribution is 5.84. The van der Waals surface area contributed by atoms with E-state index in [-0.39, 0.29) is 11.6 Å². The normalized spacial score (nSPS) is 23.3. The van der Waals surface area contributed by atoms with E-state index in [9.17, 15) is 19.5 Å². The average molecular weight is 401 g/mol. The third-order valence-electron chi connectivity index (χ3n) is 6.05. The molecule has 156 valence electrons. The topological polar surface area (TPSA) is 109 Å². The van der Waals surface area contributed by atoms with E-state index in [1.165, 1.54) is 0 Å². The number of imidazole rings is 1. The van der Waals surface area contributed by atoms with E-state index in [0.717, 1.165) is 29.6 Å². The molecule has 2 fully saturated rings. The van der Waals surface area contributed by atoms with Gasteiger partial charge < -0.3 is 15.7 Å². The first kappa shape index (κ1) is 19.7. The molecule has 2 aromatic rings. The first-order valence-corrected chi connectivity index (χ1v) is 10.1. The number of nitrogens with zero attached hydrogens (tertiary/aromatic N) is 3. The Morgan fingerprint density at radius 1 is 1.24 bits per heavy atom. The van der Waals surface area contributed by atoms with Gasteiger partial charge in [-0.1, -0.05) is 6.07 Å². The van der Waals surface area contributed by atoms with Gasteiger partial charge in [0, 0.05) is 39.8 Å². The van der Waals surface area contributed by atoms with Crippen molar-refractivity contribution in [1.82, 2.24) is 24.7 Å². The Labute approximate surface area is 168 Å². The fourth-order valence-corrected chi connectivity index (χ4v) is 4.40. The summed E-state index contributed by atoms with van der Waals surface area (Å²) in [6, 6.07) is 4.87. The van der Waals surface area contributed by atoms with Crippen LogP contribution >= 0.6 is 0 Å². The standard InChI is InChI=1S/C20H27N5O4/c1-23-16-11-13(6-9-24-10-8-21-12-17(24)19(27)28)4-5-14(16)25(20(23)29)15-3-2-7-22-18(15)26/h4-5,11,15,17,21H,2-3,6-10,12H2,1H3,(H,22,26)(H,27,28)/t15?,17-/m1/s1. The lowest BCUT2D eigenvalue weighted by atomic mass is 10.1. The highest BCUT2D eigenvalue weighted by Gasteiger charge is 2.29. The van der Waals surface area contributed by atoms with Gasteiger partial charge in [-0.25, -0.2) is 4.79 Å². The number of carboxylic acid groups (broad SMARTS) is 1. The highest BCUT2D eigenvalue weighted by Crippen LogP contribution is 2.23. The van der Waals surface area contributed by atoms with E-state index < -0.39 is 18.1 Å². The molecular formula is C20H27N5O4. The summed E-state index contributed by atoms with van der Waals surface area (Å²) in [5, 5.41) is 15.4. The van der Waals surface area contributed by atoms with Crippen LogP contribution in [0.1, 0.15) is 24.4 Å². The summed E-state index contributed by atoms with van der Waals surface area (Å²) >= 11 is 0. The second-order valence-electron chi connectivity index (χ2n) is 7.83. The van der Waals surface area contributed by atoms with Crippen LogP contribution < -0.4 is 16.3 Å². The van der Waals surface area contributed by atoms with E-state index in [4.69, 9.17) is 0 Å². The highest BCUT2D eigenvalue weighted by atomic mass is 16.4. The number of hydrogen-bond donors (Lipinski definition) is 3. The van der Waals surface area contributed by atoms with Crippen LogP contribution in [-0.4, -0.2) is 69.8 Å². The van der Waals surface area contributed by atoms with Gasteiger partial charge in [-0.05, 0) is 37.0 Å². The van der Waals surface area contributed by atoms with Gasteiger partial charge in [0.1, 0.15) is 12.1 Å². The van der Waals surface area contributed by atoms with E-state index in [0.29, 0.717) is 39.0 Å². The molecule has 0 saturated carbocycles. The van der Waals surface area contributed by atoms with Crippen molar-refractivity contribution in [2.75, 3.05) is 32.7 Å². The van der Waals surface area contributed by atoms with Crippen LogP contribution in [0.5, 0.6) is 0 Å². The molecule has 9 nitrogen and oxygen atoms in total. The SMILES string of the molecule is Cn1c(=O)n(C2CCCNC2=O)c2ccc(CCN3CCNC[C@@H]3C(=O)O)cc21. The van der Waals surface area contributed by atoms with Gasteiger partial charge in [0.25, 0.3) is 0 Å². The second kappa shape index (κ2) is 8.00. The molecule has 3 heterocycles. The number of nitrogens with one attached hydrogen (secondary N) is 2. The summed E-state index contributed by atoms with van der Waals surface area (Å²) in [5.41, 5.74) is 2.41. The molecule has 0 spiro atoms. The Balaban J connectivity index is 1.58. The van der Waals surface area contributed by atoms with Crippen LogP contribution in [0.25, 0.3) is 11.0 Å². The van der Waals surface area contributed by atoms with Crippen LogP contribution in [0.4, 0.5) is 0 Å². The van der Waals surface area contributed by atoms with Crippen LogP contribution in [0, 0.1) is 0 Å². The number of aryl methyl sites for hydroxylation is 1. The van der Waals surface area contributed by atoms with E-state index in [1.54, 1.807) is 16.2 Å². The molecule has 29 heavy (non-hydrogen) atoms. The van der Waals surface area contributed by atoms with Crippen molar-refractivity contribution in [2.45, 2.75) is 31.3 Å². The van der Waals surface area contributed by atoms with Gasteiger partial charge in [0.05, 0.1) is 11.0 Å². The zero-order valence-corrected chi connectivity index (χ0v) is 16.6. The lowest BCUT2D eigenvalue weighted by Crippen LogP contribution is -2.55. The molecule has 2 saturated heterocycles. The predicted octanol–water partition coefficient (Wildman–Crippen LogP) is -0.308. The Bertz CT molecular complexity index is 995. The Morgan fingerprint density at radius 3 is 2.83 bits per heavy atom. The summed E-state index contributed by atoms with van der Waals surface area (Å²) in [5.74, 6) is -0.911. The maximum Gasteiger partial charge on any atom is 0.329 e. The van der Waals surface area contributed by atoms with Crippen LogP contribution in [0.2, 0.25) is 0 Å². The monoisotopic (exact) mass is 401 g/mol.